The fourth-order valence-electron chi connectivity index (χ4n) is 3.60. The lowest BCUT2D eigenvalue weighted by Gasteiger charge is -2.26. The van der Waals surface area contributed by atoms with Crippen LogP contribution >= 0.6 is 0 Å². The minimum atomic E-state index is -0.204. The Hall–Kier alpha value is -3.48. The van der Waals surface area contributed by atoms with E-state index in [0.29, 0.717) is 35.9 Å². The Morgan fingerprint density at radius 2 is 2.03 bits per heavy atom. The first-order chi connectivity index (χ1) is 14.1. The minimum Gasteiger partial charge on any atom is -0.497 e. The number of ether oxygens (including phenoxy) is 3. The number of aromatic nitrogens is 2. The molecule has 1 aliphatic rings. The van der Waals surface area contributed by atoms with E-state index < -0.39 is 0 Å². The average Bonchev–Trinajstić information content (AvgIpc) is 3.14. The number of carbonyl (C=O) groups excluding carboxylic acids is 1. The molecule has 7 nitrogen and oxygen atoms in total. The molecule has 150 valence electrons. The zero-order valence-corrected chi connectivity index (χ0v) is 16.6. The first kappa shape index (κ1) is 18.9. The van der Waals surface area contributed by atoms with Gasteiger partial charge in [0.05, 0.1) is 32.6 Å². The molecule has 0 unspecified atom stereocenters. The summed E-state index contributed by atoms with van der Waals surface area (Å²) < 4.78 is 16.5. The number of benzene rings is 2. The lowest BCUT2D eigenvalue weighted by molar-refractivity contribution is 0.0919. The fraction of sp³-hybridized carbons (Fsp3) is 0.273. The molecule has 0 saturated carbocycles. The van der Waals surface area contributed by atoms with E-state index in [-0.39, 0.29) is 11.9 Å². The van der Waals surface area contributed by atoms with Crippen molar-refractivity contribution in [2.45, 2.75) is 19.4 Å². The van der Waals surface area contributed by atoms with Crippen LogP contribution in [0.4, 0.5) is 0 Å². The first-order valence-electron chi connectivity index (χ1n) is 9.42. The van der Waals surface area contributed by atoms with Gasteiger partial charge in [-0.3, -0.25) is 9.89 Å². The summed E-state index contributed by atoms with van der Waals surface area (Å²) in [5.41, 5.74) is 3.57. The van der Waals surface area contributed by atoms with Crippen LogP contribution in [0.15, 0.2) is 42.5 Å². The molecule has 0 saturated heterocycles. The maximum absolute atomic E-state index is 13.0. The number of nitrogens with zero attached hydrogens (tertiary/aromatic N) is 1. The molecule has 0 spiro atoms. The van der Waals surface area contributed by atoms with Crippen LogP contribution < -0.4 is 19.5 Å². The van der Waals surface area contributed by atoms with Gasteiger partial charge in [0.1, 0.15) is 22.9 Å². The van der Waals surface area contributed by atoms with E-state index in [4.69, 9.17) is 14.2 Å². The summed E-state index contributed by atoms with van der Waals surface area (Å²) in [5, 5.41) is 10.4. The van der Waals surface area contributed by atoms with E-state index in [2.05, 4.69) is 15.5 Å². The predicted octanol–water partition coefficient (Wildman–Crippen LogP) is 3.66. The fourth-order valence-corrected chi connectivity index (χ4v) is 3.60. The van der Waals surface area contributed by atoms with Gasteiger partial charge in [0, 0.05) is 23.1 Å². The SMILES string of the molecule is COc1ccc(OC)c(-c2n[nH]c(C(=O)N[C@H]3CCOc4ccccc43)c2C)c1. The van der Waals surface area contributed by atoms with Gasteiger partial charge in [0.25, 0.3) is 5.91 Å². The van der Waals surface area contributed by atoms with Crippen molar-refractivity contribution in [3.05, 3.63) is 59.3 Å². The predicted molar refractivity (Wildman–Crippen MR) is 109 cm³/mol. The number of rotatable bonds is 5. The smallest absolute Gasteiger partial charge is 0.270 e. The van der Waals surface area contributed by atoms with E-state index >= 15 is 0 Å². The number of fused-ring (bicyclic) bond motifs is 1. The molecule has 7 heteroatoms. The van der Waals surface area contributed by atoms with Gasteiger partial charge in [-0.25, -0.2) is 0 Å². The number of hydrogen-bond acceptors (Lipinski definition) is 5. The maximum atomic E-state index is 13.0. The van der Waals surface area contributed by atoms with Gasteiger partial charge in [0.15, 0.2) is 0 Å². The van der Waals surface area contributed by atoms with Crippen molar-refractivity contribution >= 4 is 5.91 Å². The Morgan fingerprint density at radius 3 is 2.83 bits per heavy atom. The number of amides is 1. The summed E-state index contributed by atoms with van der Waals surface area (Å²) in [6.45, 7) is 2.43. The number of nitrogens with one attached hydrogen (secondary N) is 2. The monoisotopic (exact) mass is 393 g/mol. The van der Waals surface area contributed by atoms with Gasteiger partial charge in [-0.05, 0) is 31.2 Å². The summed E-state index contributed by atoms with van der Waals surface area (Å²) >= 11 is 0. The van der Waals surface area contributed by atoms with Crippen molar-refractivity contribution in [3.8, 4) is 28.5 Å². The molecular weight excluding hydrogens is 370 g/mol. The standard InChI is InChI=1S/C22H23N3O4/c1-13-20(16-12-14(27-2)8-9-18(16)28-3)24-25-21(13)22(26)23-17-10-11-29-19-7-5-4-6-15(17)19/h4-9,12,17H,10-11H2,1-3H3,(H,23,26)(H,24,25)/t17-/m0/s1. The Morgan fingerprint density at radius 1 is 1.21 bits per heavy atom. The Bertz CT molecular complexity index is 1040. The summed E-state index contributed by atoms with van der Waals surface area (Å²) in [6, 6.07) is 13.1. The van der Waals surface area contributed by atoms with Gasteiger partial charge >= 0.3 is 0 Å². The van der Waals surface area contributed by atoms with E-state index in [1.807, 2.05) is 49.4 Å². The van der Waals surface area contributed by atoms with Crippen molar-refractivity contribution in [1.29, 1.82) is 0 Å². The molecule has 2 aromatic carbocycles. The average molecular weight is 393 g/mol. The molecule has 1 aromatic heterocycles. The highest BCUT2D eigenvalue weighted by molar-refractivity contribution is 5.96. The molecule has 2 N–H and O–H groups in total. The number of carbonyl (C=O) groups is 1. The number of para-hydroxylation sites is 1. The summed E-state index contributed by atoms with van der Waals surface area (Å²) in [6.07, 6.45) is 0.715. The van der Waals surface area contributed by atoms with Crippen LogP contribution in [0, 0.1) is 6.92 Å². The van der Waals surface area contributed by atoms with Crippen molar-refractivity contribution in [3.63, 3.8) is 0 Å². The molecule has 3 aromatic rings. The topological polar surface area (TPSA) is 85.5 Å². The van der Waals surface area contributed by atoms with Crippen molar-refractivity contribution < 1.29 is 19.0 Å². The molecule has 0 bridgehead atoms. The summed E-state index contributed by atoms with van der Waals surface area (Å²) in [7, 11) is 3.21. The van der Waals surface area contributed by atoms with Crippen molar-refractivity contribution in [2.24, 2.45) is 0 Å². The van der Waals surface area contributed by atoms with E-state index in [1.165, 1.54) is 0 Å². The highest BCUT2D eigenvalue weighted by atomic mass is 16.5. The molecule has 2 heterocycles. The van der Waals surface area contributed by atoms with E-state index in [1.54, 1.807) is 14.2 Å². The van der Waals surface area contributed by atoms with Crippen LogP contribution in [0.3, 0.4) is 0 Å². The molecule has 0 fully saturated rings. The molecule has 1 amide bonds. The first-order valence-corrected chi connectivity index (χ1v) is 9.42. The molecule has 1 aliphatic heterocycles. The van der Waals surface area contributed by atoms with Gasteiger partial charge in [-0.2, -0.15) is 5.10 Å². The Labute approximate surface area is 169 Å². The lowest BCUT2D eigenvalue weighted by Crippen LogP contribution is -2.32. The quantitative estimate of drug-likeness (QED) is 0.691. The number of hydrogen-bond donors (Lipinski definition) is 2. The Balaban J connectivity index is 1.62. The molecule has 1 atom stereocenters. The zero-order chi connectivity index (χ0) is 20.4. The van der Waals surface area contributed by atoms with Crippen LogP contribution in [-0.2, 0) is 0 Å². The normalized spacial score (nSPS) is 15.2. The lowest BCUT2D eigenvalue weighted by atomic mass is 10.00. The summed E-state index contributed by atoms with van der Waals surface area (Å²) in [4.78, 5) is 13.0. The van der Waals surface area contributed by atoms with Crippen LogP contribution in [-0.4, -0.2) is 36.9 Å². The van der Waals surface area contributed by atoms with Crippen LogP contribution in [0.25, 0.3) is 11.3 Å². The molecule has 4 rings (SSSR count). The third-order valence-corrected chi connectivity index (χ3v) is 5.16. The highest BCUT2D eigenvalue weighted by Crippen LogP contribution is 2.35. The van der Waals surface area contributed by atoms with Gasteiger partial charge in [-0.1, -0.05) is 18.2 Å². The second-order valence-corrected chi connectivity index (χ2v) is 6.84. The van der Waals surface area contributed by atoms with Crippen molar-refractivity contribution in [1.82, 2.24) is 15.5 Å². The van der Waals surface area contributed by atoms with E-state index in [0.717, 1.165) is 22.4 Å². The largest absolute Gasteiger partial charge is 0.497 e. The number of H-pyrrole nitrogens is 1. The van der Waals surface area contributed by atoms with Crippen LogP contribution in [0.2, 0.25) is 0 Å². The third kappa shape index (κ3) is 3.51. The molecule has 29 heavy (non-hydrogen) atoms. The van der Waals surface area contributed by atoms with Gasteiger partial charge in [-0.15, -0.1) is 0 Å². The number of methoxy groups -OCH3 is 2. The van der Waals surface area contributed by atoms with Gasteiger partial charge in [0.2, 0.25) is 0 Å². The maximum Gasteiger partial charge on any atom is 0.270 e. The zero-order valence-electron chi connectivity index (χ0n) is 16.6. The van der Waals surface area contributed by atoms with Crippen LogP contribution in [0.5, 0.6) is 17.2 Å². The molecular formula is C22H23N3O4. The molecule has 0 aliphatic carbocycles. The molecule has 0 radical (unpaired) electrons. The summed E-state index contributed by atoms with van der Waals surface area (Å²) in [5.74, 6) is 1.95. The Kier molecular flexibility index (Phi) is 5.12. The highest BCUT2D eigenvalue weighted by Gasteiger charge is 2.26. The van der Waals surface area contributed by atoms with E-state index in [9.17, 15) is 4.79 Å². The second kappa shape index (κ2) is 7.87. The minimum absolute atomic E-state index is 0.107. The van der Waals surface area contributed by atoms with Crippen molar-refractivity contribution in [2.75, 3.05) is 20.8 Å². The third-order valence-electron chi connectivity index (χ3n) is 5.16. The van der Waals surface area contributed by atoms with Crippen LogP contribution in [0.1, 0.15) is 34.1 Å². The second-order valence-electron chi connectivity index (χ2n) is 6.84. The van der Waals surface area contributed by atoms with Gasteiger partial charge < -0.3 is 19.5 Å². The number of aromatic amines is 1.